The first-order valence-corrected chi connectivity index (χ1v) is 4.30. The van der Waals surface area contributed by atoms with E-state index in [-0.39, 0.29) is 18.5 Å². The Balaban J connectivity index is 3.71. The molecule has 0 radical (unpaired) electrons. The molecular formula is C9H18O3. The summed E-state index contributed by atoms with van der Waals surface area (Å²) < 4.78 is 9.77. The number of carbonyl (C=O) groups excluding carboxylic acids is 1. The lowest BCUT2D eigenvalue weighted by molar-refractivity contribution is -0.133. The van der Waals surface area contributed by atoms with Gasteiger partial charge in [0.25, 0.3) is 0 Å². The first-order valence-electron chi connectivity index (χ1n) is 4.30. The maximum Gasteiger partial charge on any atom is 0.187 e. The summed E-state index contributed by atoms with van der Waals surface area (Å²) in [5.74, 6) is 0.0356. The lowest BCUT2D eigenvalue weighted by Crippen LogP contribution is -2.26. The van der Waals surface area contributed by atoms with Crippen LogP contribution in [0.3, 0.4) is 0 Å². The fourth-order valence-corrected chi connectivity index (χ4v) is 1.04. The maximum atomic E-state index is 11.2. The van der Waals surface area contributed by atoms with Crippen LogP contribution in [0.5, 0.6) is 0 Å². The molecule has 0 fully saturated rings. The molecule has 0 spiro atoms. The number of carbonyl (C=O) groups is 1. The van der Waals surface area contributed by atoms with Gasteiger partial charge in [0.15, 0.2) is 5.78 Å². The van der Waals surface area contributed by atoms with Gasteiger partial charge in [0.2, 0.25) is 0 Å². The van der Waals surface area contributed by atoms with Crippen LogP contribution >= 0.6 is 0 Å². The molecule has 0 N–H and O–H groups in total. The molecule has 0 aromatic carbocycles. The van der Waals surface area contributed by atoms with Crippen LogP contribution in [0.1, 0.15) is 26.2 Å². The highest BCUT2D eigenvalue weighted by Crippen LogP contribution is 2.04. The fourth-order valence-electron chi connectivity index (χ4n) is 1.04. The monoisotopic (exact) mass is 174 g/mol. The van der Waals surface area contributed by atoms with Gasteiger partial charge in [-0.25, -0.2) is 0 Å². The summed E-state index contributed by atoms with van der Waals surface area (Å²) >= 11 is 0. The Morgan fingerprint density at radius 3 is 2.50 bits per heavy atom. The molecule has 0 heterocycles. The largest absolute Gasteiger partial charge is 0.377 e. The summed E-state index contributed by atoms with van der Waals surface area (Å²) in [7, 11) is 3.08. The first-order chi connectivity index (χ1) is 5.76. The van der Waals surface area contributed by atoms with Crippen LogP contribution in [-0.4, -0.2) is 32.7 Å². The SMILES string of the molecule is CCCCC(OC)C(=O)COC. The predicted molar refractivity (Wildman–Crippen MR) is 47.2 cm³/mol. The highest BCUT2D eigenvalue weighted by Gasteiger charge is 2.15. The lowest BCUT2D eigenvalue weighted by atomic mass is 10.1. The summed E-state index contributed by atoms with van der Waals surface area (Å²) in [5, 5.41) is 0. The van der Waals surface area contributed by atoms with Crippen LogP contribution in [0.2, 0.25) is 0 Å². The molecule has 0 amide bonds. The van der Waals surface area contributed by atoms with E-state index in [0.29, 0.717) is 0 Å². The summed E-state index contributed by atoms with van der Waals surface area (Å²) in [4.78, 5) is 11.2. The highest BCUT2D eigenvalue weighted by molar-refractivity contribution is 5.84. The fraction of sp³-hybridized carbons (Fsp3) is 0.889. The lowest BCUT2D eigenvalue weighted by Gasteiger charge is -2.12. The van der Waals surface area contributed by atoms with E-state index < -0.39 is 0 Å². The third-order valence-corrected chi connectivity index (χ3v) is 1.75. The van der Waals surface area contributed by atoms with Crippen LogP contribution < -0.4 is 0 Å². The Labute approximate surface area is 74.0 Å². The van der Waals surface area contributed by atoms with E-state index in [4.69, 9.17) is 9.47 Å². The highest BCUT2D eigenvalue weighted by atomic mass is 16.5. The number of rotatable bonds is 7. The molecule has 1 atom stereocenters. The second-order valence-corrected chi connectivity index (χ2v) is 2.77. The van der Waals surface area contributed by atoms with Crippen LogP contribution in [0.25, 0.3) is 0 Å². The van der Waals surface area contributed by atoms with Crippen molar-refractivity contribution in [3.05, 3.63) is 0 Å². The number of unbranched alkanes of at least 4 members (excludes halogenated alkanes) is 1. The number of ketones is 1. The Bertz CT molecular complexity index is 123. The van der Waals surface area contributed by atoms with Crippen LogP contribution in [-0.2, 0) is 14.3 Å². The van der Waals surface area contributed by atoms with Gasteiger partial charge in [-0.3, -0.25) is 4.79 Å². The second-order valence-electron chi connectivity index (χ2n) is 2.77. The van der Waals surface area contributed by atoms with Gasteiger partial charge in [0.05, 0.1) is 0 Å². The molecule has 12 heavy (non-hydrogen) atoms. The van der Waals surface area contributed by atoms with Gasteiger partial charge in [-0.2, -0.15) is 0 Å². The second kappa shape index (κ2) is 7.25. The molecular weight excluding hydrogens is 156 g/mol. The molecule has 0 saturated carbocycles. The summed E-state index contributed by atoms with van der Waals surface area (Å²) in [6, 6.07) is 0. The van der Waals surface area contributed by atoms with Crippen LogP contribution in [0.15, 0.2) is 0 Å². The zero-order chi connectivity index (χ0) is 9.40. The molecule has 3 heteroatoms. The molecule has 0 rings (SSSR count). The minimum atomic E-state index is -0.273. The number of ether oxygens (including phenoxy) is 2. The van der Waals surface area contributed by atoms with E-state index in [1.807, 2.05) is 0 Å². The molecule has 0 aromatic rings. The molecule has 0 bridgehead atoms. The van der Waals surface area contributed by atoms with Gasteiger partial charge >= 0.3 is 0 Å². The Morgan fingerprint density at radius 2 is 2.08 bits per heavy atom. The van der Waals surface area contributed by atoms with E-state index in [0.717, 1.165) is 19.3 Å². The molecule has 0 aromatic heterocycles. The smallest absolute Gasteiger partial charge is 0.187 e. The van der Waals surface area contributed by atoms with Crippen molar-refractivity contribution in [2.24, 2.45) is 0 Å². The number of hydrogen-bond donors (Lipinski definition) is 0. The van der Waals surface area contributed by atoms with E-state index in [9.17, 15) is 4.79 Å². The quantitative estimate of drug-likeness (QED) is 0.585. The summed E-state index contributed by atoms with van der Waals surface area (Å²) in [6.45, 7) is 2.25. The van der Waals surface area contributed by atoms with Gasteiger partial charge in [-0.1, -0.05) is 19.8 Å². The van der Waals surface area contributed by atoms with E-state index in [2.05, 4.69) is 6.92 Å². The summed E-state index contributed by atoms with van der Waals surface area (Å²) in [5.41, 5.74) is 0. The van der Waals surface area contributed by atoms with Crippen molar-refractivity contribution in [3.63, 3.8) is 0 Å². The molecule has 72 valence electrons. The van der Waals surface area contributed by atoms with Gasteiger partial charge < -0.3 is 9.47 Å². The Hall–Kier alpha value is -0.410. The van der Waals surface area contributed by atoms with Gasteiger partial charge in [0.1, 0.15) is 12.7 Å². The van der Waals surface area contributed by atoms with E-state index in [1.54, 1.807) is 7.11 Å². The molecule has 1 unspecified atom stereocenters. The zero-order valence-electron chi connectivity index (χ0n) is 8.13. The van der Waals surface area contributed by atoms with Gasteiger partial charge in [-0.05, 0) is 6.42 Å². The molecule has 0 saturated heterocycles. The summed E-state index contributed by atoms with van der Waals surface area (Å²) in [6.07, 6.45) is 2.63. The normalized spacial score (nSPS) is 12.9. The van der Waals surface area contributed by atoms with E-state index >= 15 is 0 Å². The van der Waals surface area contributed by atoms with Crippen molar-refractivity contribution < 1.29 is 14.3 Å². The Morgan fingerprint density at radius 1 is 1.42 bits per heavy atom. The van der Waals surface area contributed by atoms with Crippen LogP contribution in [0.4, 0.5) is 0 Å². The molecule has 0 aliphatic carbocycles. The van der Waals surface area contributed by atoms with Crippen molar-refractivity contribution in [1.82, 2.24) is 0 Å². The maximum absolute atomic E-state index is 11.2. The number of Topliss-reactive ketones (excluding diaryl/α,β-unsaturated/α-hetero) is 1. The standard InChI is InChI=1S/C9H18O3/c1-4-5-6-9(12-3)8(10)7-11-2/h9H,4-7H2,1-3H3. The molecule has 3 nitrogen and oxygen atoms in total. The Kier molecular flexibility index (Phi) is 7.00. The minimum absolute atomic E-state index is 0.0356. The molecule has 0 aliphatic rings. The third kappa shape index (κ3) is 4.46. The zero-order valence-corrected chi connectivity index (χ0v) is 8.13. The van der Waals surface area contributed by atoms with Gasteiger partial charge in [-0.15, -0.1) is 0 Å². The third-order valence-electron chi connectivity index (χ3n) is 1.75. The van der Waals surface area contributed by atoms with Crippen molar-refractivity contribution in [3.8, 4) is 0 Å². The first kappa shape index (κ1) is 11.6. The van der Waals surface area contributed by atoms with Crippen molar-refractivity contribution >= 4 is 5.78 Å². The minimum Gasteiger partial charge on any atom is -0.377 e. The van der Waals surface area contributed by atoms with Crippen molar-refractivity contribution in [2.45, 2.75) is 32.3 Å². The van der Waals surface area contributed by atoms with Gasteiger partial charge in [0, 0.05) is 14.2 Å². The van der Waals surface area contributed by atoms with Crippen molar-refractivity contribution in [1.29, 1.82) is 0 Å². The average molecular weight is 174 g/mol. The predicted octanol–water partition coefficient (Wildman–Crippen LogP) is 1.41. The number of methoxy groups -OCH3 is 2. The number of hydrogen-bond acceptors (Lipinski definition) is 3. The van der Waals surface area contributed by atoms with E-state index in [1.165, 1.54) is 7.11 Å². The average Bonchev–Trinajstić information content (AvgIpc) is 2.06. The molecule has 0 aliphatic heterocycles. The topological polar surface area (TPSA) is 35.5 Å². The van der Waals surface area contributed by atoms with Crippen LogP contribution in [0, 0.1) is 0 Å². The van der Waals surface area contributed by atoms with Crippen molar-refractivity contribution in [2.75, 3.05) is 20.8 Å².